The Kier molecular flexibility index (Phi) is 21.3. The molecule has 29 heavy (non-hydrogen) atoms. The van der Waals surface area contributed by atoms with E-state index in [-0.39, 0.29) is 21.7 Å². The maximum atomic E-state index is 7.71. The summed E-state index contributed by atoms with van der Waals surface area (Å²) >= 11 is 0. The predicted octanol–water partition coefficient (Wildman–Crippen LogP) is -12.3. The Morgan fingerprint density at radius 3 is 0.310 bits per heavy atom. The topological polar surface area (TPSA) is 405 Å². The van der Waals surface area contributed by atoms with Crippen LogP contribution in [0.4, 0.5) is 0 Å². The molecular formula is C8H24O20Ti. The van der Waals surface area contributed by atoms with E-state index in [0.717, 1.165) is 0 Å². The molecule has 0 saturated heterocycles. The van der Waals surface area contributed by atoms with Crippen molar-refractivity contribution >= 4 is 0 Å². The van der Waals surface area contributed by atoms with Gasteiger partial charge >= 0.3 is 23.9 Å². The molecule has 0 saturated carbocycles. The number of aliphatic hydroxyl groups is 20. The first-order valence-electron chi connectivity index (χ1n) is 5.90. The van der Waals surface area contributed by atoms with Gasteiger partial charge in [0.1, 0.15) is 0 Å². The third-order valence-corrected chi connectivity index (χ3v) is 1.39. The van der Waals surface area contributed by atoms with Crippen molar-refractivity contribution in [2.75, 3.05) is 0 Å². The Morgan fingerprint density at radius 1 is 0.276 bits per heavy atom. The quantitative estimate of drug-likeness (QED) is 0.129. The summed E-state index contributed by atoms with van der Waals surface area (Å²) in [7, 11) is 0. The molecule has 20 nitrogen and oxygen atoms in total. The molecule has 0 radical (unpaired) electrons. The summed E-state index contributed by atoms with van der Waals surface area (Å²) in [6, 6.07) is 0. The maximum Gasteiger partial charge on any atom is 0.329 e. The zero-order chi connectivity index (χ0) is 24.3. The number of hydrogen-bond acceptors (Lipinski definition) is 20. The van der Waals surface area contributed by atoms with Gasteiger partial charge in [0, 0.05) is 21.7 Å². The van der Waals surface area contributed by atoms with E-state index in [1.807, 2.05) is 0 Å². The molecule has 0 bridgehead atoms. The van der Waals surface area contributed by atoms with Gasteiger partial charge < -0.3 is 102 Å². The smallest absolute Gasteiger partial charge is 0.329 e. The Balaban J connectivity index is -0.0000000873. The van der Waals surface area contributed by atoms with Gasteiger partial charge in [0.15, 0.2) is 0 Å². The predicted molar refractivity (Wildman–Crippen MR) is 70.5 cm³/mol. The molecule has 0 aromatic heterocycles. The van der Waals surface area contributed by atoms with Crippen LogP contribution < -0.4 is 0 Å². The molecule has 0 aliphatic carbocycles. The van der Waals surface area contributed by atoms with Gasteiger partial charge in [-0.15, -0.1) is 0 Å². The molecule has 0 unspecified atom stereocenters. The van der Waals surface area contributed by atoms with Crippen LogP contribution >= 0.6 is 0 Å². The summed E-state index contributed by atoms with van der Waals surface area (Å²) < 4.78 is 0. The number of rotatable bonds is 4. The Hall–Kier alpha value is -0.0857. The second kappa shape index (κ2) is 15.7. The number of aliphatic hydroxyl groups excluding tert-OH is 4. The zero-order valence-corrected chi connectivity index (χ0v) is 15.3. The van der Waals surface area contributed by atoms with Crippen molar-refractivity contribution in [2.24, 2.45) is 0 Å². The van der Waals surface area contributed by atoms with Crippen LogP contribution in [-0.4, -0.2) is 151 Å². The SMILES string of the molecule is OC(O)C(O)(O)O.OC(O)C(O)(O)O.OC(O)C(O)(O)O.OC(O)C(O)(O)O.[Ti]. The van der Waals surface area contributed by atoms with Crippen molar-refractivity contribution in [3.8, 4) is 0 Å². The maximum absolute atomic E-state index is 7.71. The Labute approximate surface area is 173 Å². The van der Waals surface area contributed by atoms with Crippen LogP contribution in [0.3, 0.4) is 0 Å². The summed E-state index contributed by atoms with van der Waals surface area (Å²) in [5.74, 6) is -13.6. The zero-order valence-electron chi connectivity index (χ0n) is 13.8. The van der Waals surface area contributed by atoms with E-state index >= 15 is 0 Å². The summed E-state index contributed by atoms with van der Waals surface area (Å²) in [5, 5.41) is 154. The van der Waals surface area contributed by atoms with E-state index in [9.17, 15) is 0 Å². The fraction of sp³-hybridized carbons (Fsp3) is 1.00. The van der Waals surface area contributed by atoms with Gasteiger partial charge in [-0.1, -0.05) is 0 Å². The monoisotopic (exact) mass is 488 g/mol. The van der Waals surface area contributed by atoms with E-state index in [0.29, 0.717) is 0 Å². The first-order valence-corrected chi connectivity index (χ1v) is 5.90. The minimum absolute atomic E-state index is 0. The number of hydrogen-bond donors (Lipinski definition) is 20. The van der Waals surface area contributed by atoms with Crippen molar-refractivity contribution in [1.29, 1.82) is 0 Å². The molecule has 0 aromatic carbocycles. The van der Waals surface area contributed by atoms with Crippen molar-refractivity contribution in [3.05, 3.63) is 0 Å². The van der Waals surface area contributed by atoms with Crippen molar-refractivity contribution in [3.63, 3.8) is 0 Å². The van der Waals surface area contributed by atoms with Crippen LogP contribution in [-0.2, 0) is 21.7 Å². The van der Waals surface area contributed by atoms with Gasteiger partial charge in [0.05, 0.1) is 0 Å². The molecule has 0 atom stereocenters. The van der Waals surface area contributed by atoms with Crippen LogP contribution in [0.2, 0.25) is 0 Å². The van der Waals surface area contributed by atoms with Crippen LogP contribution in [0.1, 0.15) is 0 Å². The molecule has 0 aromatic rings. The summed E-state index contributed by atoms with van der Waals surface area (Å²) in [6.07, 6.45) is -10.1. The molecule has 20 N–H and O–H groups in total. The third kappa shape index (κ3) is 32.8. The van der Waals surface area contributed by atoms with Crippen LogP contribution in [0.5, 0.6) is 0 Å². The third-order valence-electron chi connectivity index (χ3n) is 1.39. The molecule has 180 valence electrons. The van der Waals surface area contributed by atoms with Crippen molar-refractivity contribution < 1.29 is 124 Å². The Morgan fingerprint density at radius 2 is 0.310 bits per heavy atom. The van der Waals surface area contributed by atoms with Crippen LogP contribution in [0.15, 0.2) is 0 Å². The minimum Gasteiger partial charge on any atom is -0.362 e. The van der Waals surface area contributed by atoms with Crippen molar-refractivity contribution in [1.82, 2.24) is 0 Å². The molecule has 21 heteroatoms. The van der Waals surface area contributed by atoms with Crippen molar-refractivity contribution in [2.45, 2.75) is 49.1 Å². The molecule has 0 spiro atoms. The van der Waals surface area contributed by atoms with E-state index in [4.69, 9.17) is 102 Å². The summed E-state index contributed by atoms with van der Waals surface area (Å²) in [6.45, 7) is 0. The molecular weight excluding hydrogens is 464 g/mol. The van der Waals surface area contributed by atoms with E-state index in [2.05, 4.69) is 0 Å². The summed E-state index contributed by atoms with van der Waals surface area (Å²) in [4.78, 5) is 0. The van der Waals surface area contributed by atoms with Gasteiger partial charge in [-0.05, 0) is 0 Å². The first kappa shape index (κ1) is 39.4. The fourth-order valence-electron chi connectivity index (χ4n) is 0. The molecule has 0 fully saturated rings. The second-order valence-electron chi connectivity index (χ2n) is 4.24. The van der Waals surface area contributed by atoms with Gasteiger partial charge in [-0.2, -0.15) is 0 Å². The van der Waals surface area contributed by atoms with Gasteiger partial charge in [0.2, 0.25) is 25.2 Å². The second-order valence-corrected chi connectivity index (χ2v) is 4.24. The van der Waals surface area contributed by atoms with Crippen LogP contribution in [0.25, 0.3) is 0 Å². The van der Waals surface area contributed by atoms with E-state index in [1.165, 1.54) is 0 Å². The van der Waals surface area contributed by atoms with Gasteiger partial charge in [0.25, 0.3) is 0 Å². The normalized spacial score (nSPS) is 12.4. The minimum atomic E-state index is -3.39. The van der Waals surface area contributed by atoms with Gasteiger partial charge in [-0.25, -0.2) is 0 Å². The standard InChI is InChI=1S/4C2H6O5.Ti/c4*3-1(4)2(5,6)7;/h4*1,3-7H;. The molecule has 0 heterocycles. The first-order chi connectivity index (χ1) is 11.8. The average molecular weight is 488 g/mol. The molecule has 0 amide bonds. The van der Waals surface area contributed by atoms with E-state index in [1.54, 1.807) is 0 Å². The Bertz CT molecular complexity index is 285. The van der Waals surface area contributed by atoms with E-state index < -0.39 is 49.1 Å². The fourth-order valence-corrected chi connectivity index (χ4v) is 0. The largest absolute Gasteiger partial charge is 0.362 e. The average Bonchev–Trinajstić information content (AvgIpc) is 2.35. The summed E-state index contributed by atoms with van der Waals surface area (Å²) in [5.41, 5.74) is 0. The molecule has 0 rings (SSSR count). The van der Waals surface area contributed by atoms with Crippen LogP contribution in [0, 0.1) is 0 Å². The molecule has 0 aliphatic heterocycles. The molecule has 0 aliphatic rings. The van der Waals surface area contributed by atoms with Gasteiger partial charge in [-0.3, -0.25) is 0 Å².